The van der Waals surface area contributed by atoms with E-state index in [4.69, 9.17) is 4.42 Å². The molecule has 14 rings (SSSR count). The van der Waals surface area contributed by atoms with Crippen LogP contribution in [-0.2, 0) is 0 Å². The van der Waals surface area contributed by atoms with E-state index in [1.54, 1.807) is 0 Å². The zero-order valence-corrected chi connectivity index (χ0v) is 35.9. The molecule has 66 heavy (non-hydrogen) atoms. The molecule has 13 aromatic carbocycles. The maximum atomic E-state index is 6.65. The maximum Gasteiger partial charge on any atom is 0.136 e. The van der Waals surface area contributed by atoms with Crippen molar-refractivity contribution in [1.29, 1.82) is 0 Å². The summed E-state index contributed by atoms with van der Waals surface area (Å²) in [5.74, 6) is 0. The summed E-state index contributed by atoms with van der Waals surface area (Å²) in [6, 6.07) is 86.5. The maximum absolute atomic E-state index is 6.65. The van der Waals surface area contributed by atoms with Crippen LogP contribution in [-0.4, -0.2) is 0 Å². The van der Waals surface area contributed by atoms with Crippen LogP contribution in [0.4, 0.5) is 17.1 Å². The highest BCUT2D eigenvalue weighted by Gasteiger charge is 2.21. The molecule has 0 saturated heterocycles. The number of nitrogens with zero attached hydrogens (tertiary/aromatic N) is 1. The molecule has 0 spiro atoms. The molecule has 0 saturated carbocycles. The van der Waals surface area contributed by atoms with Gasteiger partial charge in [0.2, 0.25) is 0 Å². The van der Waals surface area contributed by atoms with E-state index in [0.717, 1.165) is 39.0 Å². The monoisotopic (exact) mass is 837 g/mol. The minimum atomic E-state index is 0.897. The summed E-state index contributed by atoms with van der Waals surface area (Å²) in [5.41, 5.74) is 12.3. The molecule has 0 fully saturated rings. The summed E-state index contributed by atoms with van der Waals surface area (Å²) >= 11 is 0. The summed E-state index contributed by atoms with van der Waals surface area (Å²) < 4.78 is 6.65. The van der Waals surface area contributed by atoms with E-state index in [0.29, 0.717) is 0 Å². The van der Waals surface area contributed by atoms with Gasteiger partial charge in [-0.2, -0.15) is 0 Å². The van der Waals surface area contributed by atoms with Crippen molar-refractivity contribution in [2.24, 2.45) is 0 Å². The molecule has 14 aromatic rings. The van der Waals surface area contributed by atoms with Crippen molar-refractivity contribution in [3.8, 4) is 33.4 Å². The van der Waals surface area contributed by atoms with E-state index in [1.165, 1.54) is 98.0 Å². The van der Waals surface area contributed by atoms with Crippen molar-refractivity contribution in [2.45, 2.75) is 0 Å². The fourth-order valence-corrected chi connectivity index (χ4v) is 10.9. The lowest BCUT2D eigenvalue weighted by Crippen LogP contribution is -2.10. The molecular weight excluding hydrogens is 799 g/mol. The first-order chi connectivity index (χ1) is 32.7. The van der Waals surface area contributed by atoms with Crippen molar-refractivity contribution in [3.05, 3.63) is 237 Å². The Hall–Kier alpha value is -8.72. The third kappa shape index (κ3) is 5.62. The van der Waals surface area contributed by atoms with E-state index >= 15 is 0 Å². The molecule has 0 unspecified atom stereocenters. The number of furan rings is 1. The van der Waals surface area contributed by atoms with Crippen molar-refractivity contribution in [3.63, 3.8) is 0 Å². The zero-order chi connectivity index (χ0) is 43.3. The van der Waals surface area contributed by atoms with Gasteiger partial charge in [0.15, 0.2) is 0 Å². The lowest BCUT2D eigenvalue weighted by atomic mass is 9.88. The summed E-state index contributed by atoms with van der Waals surface area (Å²) in [5, 5.41) is 17.2. The van der Waals surface area contributed by atoms with Gasteiger partial charge in [-0.15, -0.1) is 0 Å². The average Bonchev–Trinajstić information content (AvgIpc) is 3.75. The second kappa shape index (κ2) is 14.4. The zero-order valence-electron chi connectivity index (χ0n) is 35.9. The van der Waals surface area contributed by atoms with Crippen LogP contribution in [0.2, 0.25) is 0 Å². The van der Waals surface area contributed by atoms with Crippen LogP contribution >= 0.6 is 0 Å². The highest BCUT2D eigenvalue weighted by Crippen LogP contribution is 2.47. The topological polar surface area (TPSA) is 16.4 Å². The highest BCUT2D eigenvalue weighted by molar-refractivity contribution is 6.30. The third-order valence-electron chi connectivity index (χ3n) is 14.0. The quantitative estimate of drug-likeness (QED) is 0.155. The standard InChI is InChI=1S/C64H39NO/c1-3-11-40(12-4-1)42-19-28-47(29-20-42)65(48-30-21-43(22-31-48)41-13-5-2-6-14-41)60-35-26-45-24-33-54-49(32-23-44-25-34-55(60)64(45)63(44)54)46-27-36-61-58(37-46)59-38-56-52-17-9-7-15-50(52)51-16-8-10-18-53(51)57(56)39-62(59)66-61/h1-39H. The second-order valence-electron chi connectivity index (χ2n) is 17.6. The van der Waals surface area contributed by atoms with E-state index in [2.05, 4.69) is 241 Å². The molecule has 2 nitrogen and oxygen atoms in total. The molecule has 0 radical (unpaired) electrons. The van der Waals surface area contributed by atoms with Gasteiger partial charge in [0.25, 0.3) is 0 Å². The molecule has 1 aromatic heterocycles. The Kier molecular flexibility index (Phi) is 8.02. The van der Waals surface area contributed by atoms with E-state index < -0.39 is 0 Å². The first-order valence-corrected chi connectivity index (χ1v) is 22.7. The molecule has 306 valence electrons. The Balaban J connectivity index is 0.942. The number of fused-ring (bicyclic) bond motifs is 9. The molecule has 0 N–H and O–H groups in total. The van der Waals surface area contributed by atoms with Crippen LogP contribution in [0.5, 0.6) is 0 Å². The van der Waals surface area contributed by atoms with Gasteiger partial charge in [0.05, 0.1) is 5.69 Å². The molecule has 0 aliphatic carbocycles. The SMILES string of the molecule is c1ccc(-c2ccc(N(c3ccc(-c4ccccc4)cc3)c3ccc4ccc5c(-c6ccc7oc8cc9c%10ccccc%10c%10ccccc%10c9cc8c7c6)ccc6ccc3c4c65)cc2)cc1. The highest BCUT2D eigenvalue weighted by atomic mass is 16.3. The Morgan fingerprint density at radius 3 is 1.32 bits per heavy atom. The van der Waals surface area contributed by atoms with Crippen LogP contribution in [0.15, 0.2) is 241 Å². The van der Waals surface area contributed by atoms with Crippen LogP contribution in [0.1, 0.15) is 0 Å². The molecule has 0 amide bonds. The Labute approximate surface area is 381 Å². The lowest BCUT2D eigenvalue weighted by molar-refractivity contribution is 0.669. The summed E-state index contributed by atoms with van der Waals surface area (Å²) in [6.45, 7) is 0. The Morgan fingerprint density at radius 2 is 0.712 bits per heavy atom. The second-order valence-corrected chi connectivity index (χ2v) is 17.6. The normalized spacial score (nSPS) is 11.9. The lowest BCUT2D eigenvalue weighted by Gasteiger charge is -2.28. The first-order valence-electron chi connectivity index (χ1n) is 22.7. The number of benzene rings is 13. The minimum Gasteiger partial charge on any atom is -0.456 e. The fraction of sp³-hybridized carbons (Fsp3) is 0. The summed E-state index contributed by atoms with van der Waals surface area (Å²) in [7, 11) is 0. The van der Waals surface area contributed by atoms with E-state index in [9.17, 15) is 0 Å². The largest absolute Gasteiger partial charge is 0.456 e. The van der Waals surface area contributed by atoms with Gasteiger partial charge in [-0.05, 0) is 147 Å². The first kappa shape index (κ1) is 36.7. The molecule has 0 bridgehead atoms. The molecular formula is C64H39NO. The van der Waals surface area contributed by atoms with Crippen LogP contribution in [0.3, 0.4) is 0 Å². The predicted octanol–water partition coefficient (Wildman–Crippen LogP) is 18.4. The third-order valence-corrected chi connectivity index (χ3v) is 14.0. The van der Waals surface area contributed by atoms with Gasteiger partial charge in [-0.1, -0.05) is 182 Å². The van der Waals surface area contributed by atoms with Gasteiger partial charge < -0.3 is 9.32 Å². The van der Waals surface area contributed by atoms with Gasteiger partial charge in [0.1, 0.15) is 11.2 Å². The van der Waals surface area contributed by atoms with Gasteiger partial charge in [0, 0.05) is 27.5 Å². The van der Waals surface area contributed by atoms with Crippen molar-refractivity contribution in [2.75, 3.05) is 4.90 Å². The van der Waals surface area contributed by atoms with Gasteiger partial charge in [-0.25, -0.2) is 0 Å². The van der Waals surface area contributed by atoms with Crippen molar-refractivity contribution < 1.29 is 4.42 Å². The molecule has 2 heteroatoms. The number of rotatable bonds is 6. The van der Waals surface area contributed by atoms with Crippen LogP contribution in [0.25, 0.3) is 120 Å². The Morgan fingerprint density at radius 1 is 0.258 bits per heavy atom. The molecule has 0 aliphatic rings. The van der Waals surface area contributed by atoms with Crippen molar-refractivity contribution >= 4 is 104 Å². The summed E-state index contributed by atoms with van der Waals surface area (Å²) in [4.78, 5) is 2.42. The minimum absolute atomic E-state index is 0.897. The molecule has 1 heterocycles. The van der Waals surface area contributed by atoms with Crippen LogP contribution < -0.4 is 4.90 Å². The molecule has 0 atom stereocenters. The van der Waals surface area contributed by atoms with Crippen LogP contribution in [0, 0.1) is 0 Å². The van der Waals surface area contributed by atoms with Gasteiger partial charge >= 0.3 is 0 Å². The average molecular weight is 838 g/mol. The number of hydrogen-bond donors (Lipinski definition) is 0. The number of hydrogen-bond acceptors (Lipinski definition) is 2. The van der Waals surface area contributed by atoms with Crippen molar-refractivity contribution in [1.82, 2.24) is 0 Å². The smallest absolute Gasteiger partial charge is 0.136 e. The van der Waals surface area contributed by atoms with E-state index in [1.807, 2.05) is 0 Å². The Bertz CT molecular complexity index is 4110. The fourth-order valence-electron chi connectivity index (χ4n) is 10.9. The number of anilines is 3. The van der Waals surface area contributed by atoms with Gasteiger partial charge in [-0.3, -0.25) is 0 Å². The summed E-state index contributed by atoms with van der Waals surface area (Å²) in [6.07, 6.45) is 0. The predicted molar refractivity (Wildman–Crippen MR) is 281 cm³/mol. The van der Waals surface area contributed by atoms with E-state index in [-0.39, 0.29) is 0 Å². The molecule has 0 aliphatic heterocycles.